The van der Waals surface area contributed by atoms with Crippen molar-refractivity contribution in [3.63, 3.8) is 0 Å². The molecule has 1 N–H and O–H groups in total. The molecule has 1 aliphatic heterocycles. The Kier molecular flexibility index (Phi) is 6.16. The first-order chi connectivity index (χ1) is 14.1. The Morgan fingerprint density at radius 1 is 1.28 bits per heavy atom. The Hall–Kier alpha value is -2.38. The van der Waals surface area contributed by atoms with Crippen LogP contribution < -0.4 is 4.90 Å². The van der Waals surface area contributed by atoms with Gasteiger partial charge in [0.1, 0.15) is 10.8 Å². The van der Waals surface area contributed by atoms with E-state index >= 15 is 0 Å². The number of aromatic nitrogens is 2. The van der Waals surface area contributed by atoms with Crippen molar-refractivity contribution in [2.24, 2.45) is 5.92 Å². The molecule has 0 atom stereocenters. The number of fused-ring (bicyclic) bond motifs is 1. The van der Waals surface area contributed by atoms with E-state index in [-0.39, 0.29) is 0 Å². The van der Waals surface area contributed by atoms with Crippen molar-refractivity contribution in [2.75, 3.05) is 24.5 Å². The molecule has 3 aromatic rings. The number of carbonyl (C=O) groups is 1. The number of thiazole rings is 1. The number of hydrogen-bond donors (Lipinski definition) is 1. The molecule has 1 saturated heterocycles. The minimum Gasteiger partial charge on any atom is -0.465 e. The summed E-state index contributed by atoms with van der Waals surface area (Å²) in [6.07, 6.45) is 3.81. The first-order valence-electron chi connectivity index (χ1n) is 9.76. The molecule has 1 amide bonds. The molecule has 1 fully saturated rings. The summed E-state index contributed by atoms with van der Waals surface area (Å²) in [6.45, 7) is 2.80. The van der Waals surface area contributed by atoms with E-state index in [9.17, 15) is 9.90 Å². The Balaban J connectivity index is 1.31. The Bertz CT molecular complexity index is 974. The summed E-state index contributed by atoms with van der Waals surface area (Å²) >= 11 is 7.55. The monoisotopic (exact) mass is 430 g/mol. The molecule has 0 radical (unpaired) electrons. The number of hydrogen-bond acceptors (Lipinski definition) is 5. The van der Waals surface area contributed by atoms with Gasteiger partial charge in [-0.25, -0.2) is 14.8 Å². The number of carboxylic acid groups (broad SMARTS) is 1. The minimum atomic E-state index is -0.877. The summed E-state index contributed by atoms with van der Waals surface area (Å²) in [4.78, 5) is 24.3. The molecule has 3 heterocycles. The van der Waals surface area contributed by atoms with E-state index in [0.717, 1.165) is 59.1 Å². The fraction of sp³-hybridized carbons (Fsp3) is 0.381. The quantitative estimate of drug-likeness (QED) is 0.586. The van der Waals surface area contributed by atoms with Crippen molar-refractivity contribution in [2.45, 2.75) is 25.8 Å². The Labute approximate surface area is 178 Å². The van der Waals surface area contributed by atoms with Gasteiger partial charge in [-0.15, -0.1) is 11.3 Å². The first-order valence-corrected chi connectivity index (χ1v) is 11.0. The van der Waals surface area contributed by atoms with Crippen LogP contribution in [0.1, 0.15) is 24.3 Å². The largest absolute Gasteiger partial charge is 0.465 e. The van der Waals surface area contributed by atoms with Gasteiger partial charge in [0.05, 0.1) is 12.1 Å². The smallest absolute Gasteiger partial charge is 0.407 e. The van der Waals surface area contributed by atoms with E-state index in [1.54, 1.807) is 6.20 Å². The first kappa shape index (κ1) is 19.9. The van der Waals surface area contributed by atoms with Crippen LogP contribution in [0.15, 0.2) is 41.9 Å². The summed E-state index contributed by atoms with van der Waals surface area (Å²) in [6, 6.07) is 9.88. The average molecular weight is 431 g/mol. The van der Waals surface area contributed by atoms with Gasteiger partial charge in [-0.05, 0) is 55.5 Å². The van der Waals surface area contributed by atoms with Crippen LogP contribution in [0.5, 0.6) is 0 Å². The number of nitrogens with zero attached hydrogens (tertiary/aromatic N) is 4. The Morgan fingerprint density at radius 2 is 2.10 bits per heavy atom. The third kappa shape index (κ3) is 4.97. The maximum absolute atomic E-state index is 11.5. The molecule has 8 heteroatoms. The van der Waals surface area contributed by atoms with E-state index < -0.39 is 6.09 Å². The average Bonchev–Trinajstić information content (AvgIpc) is 3.24. The summed E-state index contributed by atoms with van der Waals surface area (Å²) in [5.41, 5.74) is 0.952. The van der Waals surface area contributed by atoms with Crippen molar-refractivity contribution in [1.29, 1.82) is 0 Å². The van der Waals surface area contributed by atoms with Gasteiger partial charge >= 0.3 is 6.09 Å². The number of pyridine rings is 1. The van der Waals surface area contributed by atoms with Crippen LogP contribution in [0.4, 0.5) is 10.6 Å². The zero-order valence-electron chi connectivity index (χ0n) is 16.0. The second kappa shape index (κ2) is 8.97. The molecular weight excluding hydrogens is 408 g/mol. The molecule has 0 bridgehead atoms. The molecule has 1 aliphatic rings. The SMILES string of the molecule is O=C(O)N(CCC1CCN(c2ccc3cc(Cl)ccc3n2)CC1)Cc1nccs1. The number of amides is 1. The lowest BCUT2D eigenvalue weighted by Crippen LogP contribution is -2.36. The van der Waals surface area contributed by atoms with E-state index in [1.807, 2.05) is 23.6 Å². The van der Waals surface area contributed by atoms with Crippen LogP contribution >= 0.6 is 22.9 Å². The van der Waals surface area contributed by atoms with Gasteiger partial charge in [-0.2, -0.15) is 0 Å². The number of rotatable bonds is 6. The van der Waals surface area contributed by atoms with Gasteiger partial charge in [0, 0.05) is 41.6 Å². The molecule has 0 unspecified atom stereocenters. The van der Waals surface area contributed by atoms with Gasteiger partial charge in [-0.3, -0.25) is 0 Å². The highest BCUT2D eigenvalue weighted by Gasteiger charge is 2.22. The zero-order chi connectivity index (χ0) is 20.2. The van der Waals surface area contributed by atoms with Crippen LogP contribution in [-0.4, -0.2) is 45.7 Å². The molecule has 2 aromatic heterocycles. The molecule has 152 valence electrons. The Morgan fingerprint density at radius 3 is 2.83 bits per heavy atom. The highest BCUT2D eigenvalue weighted by Crippen LogP contribution is 2.27. The van der Waals surface area contributed by atoms with E-state index in [4.69, 9.17) is 16.6 Å². The summed E-state index contributed by atoms with van der Waals surface area (Å²) in [7, 11) is 0. The highest BCUT2D eigenvalue weighted by atomic mass is 35.5. The maximum Gasteiger partial charge on any atom is 0.407 e. The molecule has 4 rings (SSSR count). The van der Waals surface area contributed by atoms with Crippen LogP contribution in [0.2, 0.25) is 5.02 Å². The molecule has 6 nitrogen and oxygen atoms in total. The van der Waals surface area contributed by atoms with Crippen molar-refractivity contribution in [3.05, 3.63) is 51.9 Å². The lowest BCUT2D eigenvalue weighted by atomic mass is 9.93. The van der Waals surface area contributed by atoms with Crippen molar-refractivity contribution >= 4 is 45.8 Å². The highest BCUT2D eigenvalue weighted by molar-refractivity contribution is 7.09. The summed E-state index contributed by atoms with van der Waals surface area (Å²) in [5.74, 6) is 1.53. The van der Waals surface area contributed by atoms with Gasteiger partial charge < -0.3 is 14.9 Å². The van der Waals surface area contributed by atoms with Crippen LogP contribution in [0, 0.1) is 5.92 Å². The molecular formula is C21H23ClN4O2S. The van der Waals surface area contributed by atoms with Crippen molar-refractivity contribution < 1.29 is 9.90 Å². The van der Waals surface area contributed by atoms with Gasteiger partial charge in [0.2, 0.25) is 0 Å². The van der Waals surface area contributed by atoms with Crippen molar-refractivity contribution in [3.8, 4) is 0 Å². The van der Waals surface area contributed by atoms with E-state index in [2.05, 4.69) is 22.0 Å². The van der Waals surface area contributed by atoms with Crippen molar-refractivity contribution in [1.82, 2.24) is 14.9 Å². The standard InChI is InChI=1S/C21H23ClN4O2S/c22-17-2-3-18-16(13-17)1-4-19(24-18)25-9-5-15(6-10-25)7-11-26(21(27)28)14-20-23-8-12-29-20/h1-4,8,12-13,15H,5-7,9-11,14H2,(H,27,28). The summed E-state index contributed by atoms with van der Waals surface area (Å²) < 4.78 is 0. The predicted octanol–water partition coefficient (Wildman–Crippen LogP) is 5.13. The normalized spacial score (nSPS) is 15.0. The topological polar surface area (TPSA) is 69.6 Å². The van der Waals surface area contributed by atoms with Crippen LogP contribution in [0.3, 0.4) is 0 Å². The van der Waals surface area contributed by atoms with Crippen LogP contribution in [-0.2, 0) is 6.54 Å². The second-order valence-corrected chi connectivity index (χ2v) is 8.77. The fourth-order valence-electron chi connectivity index (χ4n) is 3.79. The third-order valence-electron chi connectivity index (χ3n) is 5.46. The lowest BCUT2D eigenvalue weighted by Gasteiger charge is -2.33. The molecule has 1 aromatic carbocycles. The lowest BCUT2D eigenvalue weighted by molar-refractivity contribution is 0.137. The third-order valence-corrected chi connectivity index (χ3v) is 6.46. The van der Waals surface area contributed by atoms with Gasteiger partial charge in [0.25, 0.3) is 0 Å². The van der Waals surface area contributed by atoms with E-state index in [0.29, 0.717) is 19.0 Å². The second-order valence-electron chi connectivity index (χ2n) is 7.36. The molecule has 0 saturated carbocycles. The predicted molar refractivity (Wildman–Crippen MR) is 117 cm³/mol. The fourth-order valence-corrected chi connectivity index (χ4v) is 4.60. The molecule has 0 aliphatic carbocycles. The molecule has 0 spiro atoms. The maximum atomic E-state index is 11.5. The summed E-state index contributed by atoms with van der Waals surface area (Å²) in [5, 5.41) is 14.0. The number of halogens is 1. The number of anilines is 1. The number of piperidine rings is 1. The van der Waals surface area contributed by atoms with Gasteiger partial charge in [-0.1, -0.05) is 11.6 Å². The van der Waals surface area contributed by atoms with Gasteiger partial charge in [0.15, 0.2) is 0 Å². The molecule has 29 heavy (non-hydrogen) atoms. The minimum absolute atomic E-state index is 0.372. The van der Waals surface area contributed by atoms with E-state index in [1.165, 1.54) is 16.2 Å². The zero-order valence-corrected chi connectivity index (χ0v) is 17.6. The van der Waals surface area contributed by atoms with Crippen LogP contribution in [0.25, 0.3) is 10.9 Å². The number of benzene rings is 1.